The van der Waals surface area contributed by atoms with Gasteiger partial charge in [-0.3, -0.25) is 25.0 Å². The molecular formula is C22H13BrN6O5S. The first-order valence-electron chi connectivity index (χ1n) is 9.76. The van der Waals surface area contributed by atoms with E-state index in [0.29, 0.717) is 20.5 Å². The van der Waals surface area contributed by atoms with Crippen LogP contribution in [0.2, 0.25) is 0 Å². The summed E-state index contributed by atoms with van der Waals surface area (Å²) < 4.78 is 6.25. The van der Waals surface area contributed by atoms with Gasteiger partial charge in [-0.15, -0.1) is 11.3 Å². The molecule has 0 unspecified atom stereocenters. The van der Waals surface area contributed by atoms with Crippen molar-refractivity contribution in [3.63, 3.8) is 0 Å². The summed E-state index contributed by atoms with van der Waals surface area (Å²) in [6.07, 6.45) is 2.83. The molecule has 2 aromatic heterocycles. The molecule has 0 fully saturated rings. The molecule has 0 spiro atoms. The fourth-order valence-electron chi connectivity index (χ4n) is 3.03. The molecule has 0 aliphatic rings. The molecule has 13 heteroatoms. The zero-order valence-corrected chi connectivity index (χ0v) is 19.9. The van der Waals surface area contributed by atoms with E-state index in [4.69, 9.17) is 4.74 Å². The maximum Gasteiger partial charge on any atom is 0.270 e. The Morgan fingerprint density at radius 1 is 1.34 bits per heavy atom. The van der Waals surface area contributed by atoms with Crippen LogP contribution in [0.15, 0.2) is 57.2 Å². The van der Waals surface area contributed by atoms with Crippen molar-refractivity contribution in [1.29, 1.82) is 5.26 Å². The van der Waals surface area contributed by atoms with Gasteiger partial charge >= 0.3 is 0 Å². The van der Waals surface area contributed by atoms with Crippen molar-refractivity contribution in [3.8, 4) is 11.8 Å². The van der Waals surface area contributed by atoms with Crippen LogP contribution >= 0.6 is 27.3 Å². The van der Waals surface area contributed by atoms with Crippen molar-refractivity contribution in [2.24, 2.45) is 0 Å². The molecule has 0 saturated heterocycles. The second kappa shape index (κ2) is 10.2. The zero-order valence-electron chi connectivity index (χ0n) is 17.5. The minimum absolute atomic E-state index is 0.0220. The highest BCUT2D eigenvalue weighted by molar-refractivity contribution is 9.10. The lowest BCUT2D eigenvalue weighted by molar-refractivity contribution is -0.384. The Bertz CT molecular complexity index is 1580. The number of anilines is 1. The first kappa shape index (κ1) is 23.7. The van der Waals surface area contributed by atoms with E-state index in [-0.39, 0.29) is 28.4 Å². The summed E-state index contributed by atoms with van der Waals surface area (Å²) in [5.41, 5.74) is -0.261. The summed E-state index contributed by atoms with van der Waals surface area (Å²) >= 11 is 4.53. The monoisotopic (exact) mass is 552 g/mol. The predicted octanol–water partition coefficient (Wildman–Crippen LogP) is 4.13. The molecule has 0 radical (unpaired) electrons. The van der Waals surface area contributed by atoms with Crippen molar-refractivity contribution < 1.29 is 14.5 Å². The van der Waals surface area contributed by atoms with Gasteiger partial charge in [0.15, 0.2) is 17.6 Å². The SMILES string of the molecule is N#CC(=Cc1cc([N+](=O)[O-])ccc1OCC(=O)Nc1nccs1)c1nc2ccc(Br)cc2c(=O)[nH]1. The summed E-state index contributed by atoms with van der Waals surface area (Å²) in [6.45, 7) is -0.403. The lowest BCUT2D eigenvalue weighted by Crippen LogP contribution is -2.20. The minimum atomic E-state index is -0.601. The number of ether oxygens (including phenoxy) is 1. The number of hydrogen-bond acceptors (Lipinski definition) is 9. The topological polar surface area (TPSA) is 164 Å². The Morgan fingerprint density at radius 2 is 2.17 bits per heavy atom. The summed E-state index contributed by atoms with van der Waals surface area (Å²) in [7, 11) is 0. The van der Waals surface area contributed by atoms with Crippen molar-refractivity contribution in [2.45, 2.75) is 0 Å². The fraction of sp³-hybridized carbons (Fsp3) is 0.0455. The summed E-state index contributed by atoms with van der Waals surface area (Å²) in [5, 5.41) is 26.0. The number of thiazole rings is 1. The summed E-state index contributed by atoms with van der Waals surface area (Å²) in [6, 6.07) is 10.6. The Labute approximate surface area is 209 Å². The van der Waals surface area contributed by atoms with Gasteiger partial charge in [0.1, 0.15) is 11.8 Å². The van der Waals surface area contributed by atoms with Crippen LogP contribution in [-0.2, 0) is 4.79 Å². The molecule has 2 aromatic carbocycles. The van der Waals surface area contributed by atoms with Gasteiger partial charge in [0.25, 0.3) is 17.2 Å². The van der Waals surface area contributed by atoms with E-state index < -0.39 is 23.0 Å². The molecule has 0 saturated carbocycles. The van der Waals surface area contributed by atoms with Gasteiger partial charge in [-0.1, -0.05) is 15.9 Å². The van der Waals surface area contributed by atoms with Gasteiger partial charge in [-0.25, -0.2) is 9.97 Å². The van der Waals surface area contributed by atoms with E-state index >= 15 is 0 Å². The molecule has 11 nitrogen and oxygen atoms in total. The van der Waals surface area contributed by atoms with Gasteiger partial charge in [0.05, 0.1) is 21.4 Å². The number of H-pyrrole nitrogens is 1. The quantitative estimate of drug-likeness (QED) is 0.196. The number of non-ortho nitro benzene ring substituents is 1. The number of nitrogens with one attached hydrogen (secondary N) is 2. The molecule has 0 atom stereocenters. The largest absolute Gasteiger partial charge is 0.483 e. The zero-order chi connectivity index (χ0) is 24.9. The Morgan fingerprint density at radius 3 is 2.89 bits per heavy atom. The molecule has 35 heavy (non-hydrogen) atoms. The van der Waals surface area contributed by atoms with Crippen molar-refractivity contribution in [3.05, 3.63) is 84.3 Å². The average molecular weight is 553 g/mol. The highest BCUT2D eigenvalue weighted by Crippen LogP contribution is 2.28. The maximum atomic E-state index is 12.5. The average Bonchev–Trinajstić information content (AvgIpc) is 3.34. The molecule has 174 valence electrons. The van der Waals surface area contributed by atoms with Gasteiger partial charge in [0.2, 0.25) is 0 Å². The first-order valence-corrected chi connectivity index (χ1v) is 11.4. The van der Waals surface area contributed by atoms with E-state index in [9.17, 15) is 25.0 Å². The Balaban J connectivity index is 1.69. The van der Waals surface area contributed by atoms with Gasteiger partial charge in [-0.2, -0.15) is 5.26 Å². The minimum Gasteiger partial charge on any atom is -0.483 e. The van der Waals surface area contributed by atoms with Crippen molar-refractivity contribution in [2.75, 3.05) is 11.9 Å². The number of aromatic amines is 1. The number of hydrogen-bond donors (Lipinski definition) is 2. The highest BCUT2D eigenvalue weighted by atomic mass is 79.9. The number of nitro groups is 1. The highest BCUT2D eigenvalue weighted by Gasteiger charge is 2.15. The number of benzene rings is 2. The third-order valence-corrected chi connectivity index (χ3v) is 5.77. The summed E-state index contributed by atoms with van der Waals surface area (Å²) in [4.78, 5) is 46.2. The van der Waals surface area contributed by atoms with Crippen LogP contribution in [0, 0.1) is 21.4 Å². The van der Waals surface area contributed by atoms with Crippen LogP contribution in [0.3, 0.4) is 0 Å². The number of halogens is 1. The number of rotatable bonds is 7. The lowest BCUT2D eigenvalue weighted by atomic mass is 10.1. The molecule has 0 aliphatic heterocycles. The normalized spacial score (nSPS) is 11.1. The Hall–Kier alpha value is -4.41. The first-order chi connectivity index (χ1) is 16.8. The van der Waals surface area contributed by atoms with Crippen LogP contribution in [0.4, 0.5) is 10.8 Å². The second-order valence-electron chi connectivity index (χ2n) is 6.90. The van der Waals surface area contributed by atoms with Gasteiger partial charge in [-0.05, 0) is 30.3 Å². The van der Waals surface area contributed by atoms with Gasteiger partial charge < -0.3 is 9.72 Å². The van der Waals surface area contributed by atoms with Crippen LogP contribution in [-0.4, -0.2) is 32.4 Å². The molecule has 4 aromatic rings. The number of nitriles is 1. The lowest BCUT2D eigenvalue weighted by Gasteiger charge is -2.10. The third kappa shape index (κ3) is 5.57. The van der Waals surface area contributed by atoms with E-state index in [1.165, 1.54) is 41.8 Å². The number of fused-ring (bicyclic) bond motifs is 1. The van der Waals surface area contributed by atoms with E-state index in [1.54, 1.807) is 23.6 Å². The molecule has 2 N–H and O–H groups in total. The molecule has 4 rings (SSSR count). The molecule has 1 amide bonds. The van der Waals surface area contributed by atoms with E-state index in [1.807, 2.05) is 6.07 Å². The molecule has 0 aliphatic carbocycles. The standard InChI is InChI=1S/C22H13BrN6O5S/c23-14-1-3-17-16(9-14)21(31)28-20(26-17)13(10-24)7-12-8-15(29(32)33)2-4-18(12)34-11-19(30)27-22-25-5-6-35-22/h1-9H,11H2,(H,25,27,30)(H,26,28,31). The van der Waals surface area contributed by atoms with Crippen LogP contribution in [0.25, 0.3) is 22.6 Å². The number of carbonyl (C=O) groups excluding carboxylic acids is 1. The number of amides is 1. The molecule has 2 heterocycles. The van der Waals surface area contributed by atoms with Crippen LogP contribution in [0.1, 0.15) is 11.4 Å². The van der Waals surface area contributed by atoms with E-state index in [2.05, 4.69) is 36.2 Å². The molecular weight excluding hydrogens is 540 g/mol. The maximum absolute atomic E-state index is 12.5. The van der Waals surface area contributed by atoms with E-state index in [0.717, 1.165) is 0 Å². The fourth-order valence-corrected chi connectivity index (χ4v) is 3.93. The van der Waals surface area contributed by atoms with Gasteiger partial charge in [0, 0.05) is 33.7 Å². The number of aromatic nitrogens is 3. The Kier molecular flexibility index (Phi) is 6.95. The smallest absolute Gasteiger partial charge is 0.270 e. The van der Waals surface area contributed by atoms with Crippen LogP contribution in [0.5, 0.6) is 5.75 Å². The number of nitrogens with zero attached hydrogens (tertiary/aromatic N) is 4. The third-order valence-electron chi connectivity index (χ3n) is 4.58. The van der Waals surface area contributed by atoms with Crippen molar-refractivity contribution in [1.82, 2.24) is 15.0 Å². The number of allylic oxidation sites excluding steroid dienone is 1. The predicted molar refractivity (Wildman–Crippen MR) is 133 cm³/mol. The molecule has 0 bridgehead atoms. The second-order valence-corrected chi connectivity index (χ2v) is 8.71. The summed E-state index contributed by atoms with van der Waals surface area (Å²) in [5.74, 6) is -0.392. The van der Waals surface area contributed by atoms with Crippen LogP contribution < -0.4 is 15.6 Å². The van der Waals surface area contributed by atoms with Crippen molar-refractivity contribution >= 4 is 66.5 Å². The number of nitro benzene ring substituents is 1. The number of carbonyl (C=O) groups is 1.